The van der Waals surface area contributed by atoms with Crippen LogP contribution < -0.4 is 5.73 Å². The van der Waals surface area contributed by atoms with Gasteiger partial charge in [0.2, 0.25) is 0 Å². The third-order valence-corrected chi connectivity index (χ3v) is 11.7. The monoisotopic (exact) mass is 505 g/mol. The lowest BCUT2D eigenvalue weighted by atomic mass is 9.47. The van der Waals surface area contributed by atoms with Gasteiger partial charge in [0.25, 0.3) is 0 Å². The predicted molar refractivity (Wildman–Crippen MR) is 153 cm³/mol. The Balaban J connectivity index is 1.25. The van der Waals surface area contributed by atoms with Gasteiger partial charge in [0, 0.05) is 12.1 Å². The molecule has 3 heteroatoms. The molecule has 204 valence electrons. The number of allylic oxidation sites excluding steroid dienone is 1. The van der Waals surface area contributed by atoms with Crippen molar-refractivity contribution >= 4 is 11.7 Å². The minimum atomic E-state index is -0.212. The van der Waals surface area contributed by atoms with E-state index in [0.717, 1.165) is 54.8 Å². The number of fused-ring (bicyclic) bond motifs is 5. The van der Waals surface area contributed by atoms with Crippen LogP contribution in [0.1, 0.15) is 116 Å². The van der Waals surface area contributed by atoms with E-state index in [2.05, 4.69) is 40.7 Å². The number of hydrogen-bond acceptors (Lipinski definition) is 3. The normalized spacial score (nSPS) is 37.8. The SMILES string of the molecule is CC(C)CCC[C@@H](C)[C@H]1CCC2C3CC=C4CC(OC(=O)c5ccc(N)cc5)CC[C@]4(C)C3CC[C@@]21C. The molecular formula is C34H51NO2. The highest BCUT2D eigenvalue weighted by atomic mass is 16.5. The van der Waals surface area contributed by atoms with E-state index in [4.69, 9.17) is 10.5 Å². The number of nitrogens with two attached hydrogens (primary N) is 1. The van der Waals surface area contributed by atoms with Gasteiger partial charge >= 0.3 is 5.97 Å². The molecule has 3 fully saturated rings. The first kappa shape index (κ1) is 26.8. The van der Waals surface area contributed by atoms with Crippen LogP contribution in [0.15, 0.2) is 35.9 Å². The van der Waals surface area contributed by atoms with Crippen molar-refractivity contribution in [2.45, 2.75) is 111 Å². The molecule has 2 N–H and O–H groups in total. The Morgan fingerprint density at radius 3 is 2.49 bits per heavy atom. The van der Waals surface area contributed by atoms with Crippen molar-refractivity contribution in [3.8, 4) is 0 Å². The largest absolute Gasteiger partial charge is 0.458 e. The molecule has 1 aromatic rings. The summed E-state index contributed by atoms with van der Waals surface area (Å²) in [5, 5.41) is 0. The number of nitrogen functional groups attached to an aromatic ring is 1. The summed E-state index contributed by atoms with van der Waals surface area (Å²) in [4.78, 5) is 12.8. The van der Waals surface area contributed by atoms with E-state index in [1.165, 1.54) is 51.4 Å². The molecule has 0 bridgehead atoms. The average molecular weight is 506 g/mol. The van der Waals surface area contributed by atoms with Crippen LogP contribution in [0.3, 0.4) is 0 Å². The number of benzene rings is 1. The van der Waals surface area contributed by atoms with Crippen LogP contribution in [0, 0.1) is 46.3 Å². The molecule has 0 aliphatic heterocycles. The summed E-state index contributed by atoms with van der Waals surface area (Å²) in [5.74, 6) is 4.92. The lowest BCUT2D eigenvalue weighted by Gasteiger charge is -2.58. The Morgan fingerprint density at radius 1 is 1.00 bits per heavy atom. The second-order valence-corrected chi connectivity index (χ2v) is 14.2. The van der Waals surface area contributed by atoms with Crippen LogP contribution >= 0.6 is 0 Å². The maximum atomic E-state index is 12.8. The van der Waals surface area contributed by atoms with E-state index >= 15 is 0 Å². The van der Waals surface area contributed by atoms with Crippen LogP contribution in [-0.2, 0) is 4.74 Å². The minimum Gasteiger partial charge on any atom is -0.458 e. The molecule has 4 unspecified atom stereocenters. The first-order chi connectivity index (χ1) is 17.6. The molecule has 0 heterocycles. The quantitative estimate of drug-likeness (QED) is 0.229. The highest BCUT2D eigenvalue weighted by Crippen LogP contribution is 2.67. The fraction of sp³-hybridized carbons (Fsp3) is 0.735. The summed E-state index contributed by atoms with van der Waals surface area (Å²) in [7, 11) is 0. The van der Waals surface area contributed by atoms with Crippen molar-refractivity contribution in [3.63, 3.8) is 0 Å². The van der Waals surface area contributed by atoms with E-state index in [-0.39, 0.29) is 17.5 Å². The Kier molecular flexibility index (Phi) is 7.55. The van der Waals surface area contributed by atoms with E-state index < -0.39 is 0 Å². The molecule has 0 radical (unpaired) electrons. The van der Waals surface area contributed by atoms with Gasteiger partial charge in [-0.15, -0.1) is 0 Å². The third-order valence-electron chi connectivity index (χ3n) is 11.7. The maximum absolute atomic E-state index is 12.8. The highest BCUT2D eigenvalue weighted by Gasteiger charge is 2.59. The summed E-state index contributed by atoms with van der Waals surface area (Å²) < 4.78 is 6.00. The van der Waals surface area contributed by atoms with Gasteiger partial charge in [-0.2, -0.15) is 0 Å². The van der Waals surface area contributed by atoms with E-state index in [9.17, 15) is 4.79 Å². The van der Waals surface area contributed by atoms with Gasteiger partial charge in [0.1, 0.15) is 6.10 Å². The number of carbonyl (C=O) groups is 1. The zero-order valence-corrected chi connectivity index (χ0v) is 24.1. The summed E-state index contributed by atoms with van der Waals surface area (Å²) >= 11 is 0. The van der Waals surface area contributed by atoms with Crippen molar-refractivity contribution in [3.05, 3.63) is 41.5 Å². The summed E-state index contributed by atoms with van der Waals surface area (Å²) in [6.07, 6.45) is 16.8. The van der Waals surface area contributed by atoms with E-state index in [1.807, 2.05) is 0 Å². The fourth-order valence-electron chi connectivity index (χ4n) is 9.59. The Bertz CT molecular complexity index is 996. The molecule has 37 heavy (non-hydrogen) atoms. The molecule has 8 atom stereocenters. The molecule has 4 aliphatic carbocycles. The van der Waals surface area contributed by atoms with Gasteiger partial charge in [0.05, 0.1) is 5.56 Å². The van der Waals surface area contributed by atoms with Crippen LogP contribution in [0.2, 0.25) is 0 Å². The summed E-state index contributed by atoms with van der Waals surface area (Å²) in [5.41, 5.74) is 9.45. The first-order valence-electron chi connectivity index (χ1n) is 15.4. The molecule has 0 aromatic heterocycles. The van der Waals surface area contributed by atoms with Gasteiger partial charge in [0.15, 0.2) is 0 Å². The molecule has 3 nitrogen and oxygen atoms in total. The van der Waals surface area contributed by atoms with E-state index in [0.29, 0.717) is 16.7 Å². The second kappa shape index (κ2) is 10.4. The van der Waals surface area contributed by atoms with Crippen LogP contribution in [-0.4, -0.2) is 12.1 Å². The minimum absolute atomic E-state index is 0.00247. The standard InChI is InChI=1S/C34H51NO2/c1-22(2)7-6-8-23(3)29-15-16-30-28-14-11-25-21-27(37-32(36)24-9-12-26(35)13-10-24)17-19-33(25,4)31(28)18-20-34(29,30)5/h9-13,22-23,27-31H,6-8,14-21,35H2,1-5H3/t23-,27?,28?,29-,30?,31?,33+,34-/m1/s1. The fourth-order valence-corrected chi connectivity index (χ4v) is 9.59. The van der Waals surface area contributed by atoms with Gasteiger partial charge in [-0.25, -0.2) is 4.79 Å². The van der Waals surface area contributed by atoms with Crippen molar-refractivity contribution in [1.82, 2.24) is 0 Å². The van der Waals surface area contributed by atoms with Crippen molar-refractivity contribution in [2.24, 2.45) is 46.3 Å². The van der Waals surface area contributed by atoms with Crippen molar-refractivity contribution in [2.75, 3.05) is 5.73 Å². The summed E-state index contributed by atoms with van der Waals surface area (Å²) in [6, 6.07) is 7.09. The topological polar surface area (TPSA) is 52.3 Å². The predicted octanol–water partition coefficient (Wildman–Crippen LogP) is 8.84. The zero-order chi connectivity index (χ0) is 26.4. The maximum Gasteiger partial charge on any atom is 0.338 e. The van der Waals surface area contributed by atoms with Gasteiger partial charge in [-0.1, -0.05) is 65.5 Å². The number of ether oxygens (including phenoxy) is 1. The summed E-state index contributed by atoms with van der Waals surface area (Å²) in [6.45, 7) is 12.5. The number of anilines is 1. The Hall–Kier alpha value is -1.77. The molecule has 0 amide bonds. The lowest BCUT2D eigenvalue weighted by molar-refractivity contribution is -0.0594. The zero-order valence-electron chi connectivity index (χ0n) is 24.1. The smallest absolute Gasteiger partial charge is 0.338 e. The third kappa shape index (κ3) is 5.01. The lowest BCUT2D eigenvalue weighted by Crippen LogP contribution is -2.51. The molecule has 1 aromatic carbocycles. The molecule has 0 spiro atoms. The van der Waals surface area contributed by atoms with Gasteiger partial charge in [-0.05, 0) is 116 Å². The molecule has 4 aliphatic rings. The highest BCUT2D eigenvalue weighted by molar-refractivity contribution is 5.89. The van der Waals surface area contributed by atoms with Gasteiger partial charge in [-0.3, -0.25) is 0 Å². The van der Waals surface area contributed by atoms with Gasteiger partial charge < -0.3 is 10.5 Å². The Labute approximate surface area is 226 Å². The van der Waals surface area contributed by atoms with Crippen molar-refractivity contribution < 1.29 is 9.53 Å². The van der Waals surface area contributed by atoms with Crippen LogP contribution in [0.4, 0.5) is 5.69 Å². The van der Waals surface area contributed by atoms with Crippen LogP contribution in [0.5, 0.6) is 0 Å². The number of hydrogen-bond donors (Lipinski definition) is 1. The number of rotatable bonds is 7. The Morgan fingerprint density at radius 2 is 1.76 bits per heavy atom. The van der Waals surface area contributed by atoms with E-state index in [1.54, 1.807) is 29.8 Å². The molecule has 5 rings (SSSR count). The second-order valence-electron chi connectivity index (χ2n) is 14.2. The molecule has 0 saturated heterocycles. The van der Waals surface area contributed by atoms with Crippen molar-refractivity contribution in [1.29, 1.82) is 0 Å². The first-order valence-corrected chi connectivity index (χ1v) is 15.4. The van der Waals surface area contributed by atoms with Crippen LogP contribution in [0.25, 0.3) is 0 Å². The number of carbonyl (C=O) groups excluding carboxylic acids is 1. The molecular weight excluding hydrogens is 454 g/mol. The average Bonchev–Trinajstić information content (AvgIpc) is 3.21. The number of esters is 1. The molecule has 3 saturated carbocycles.